The van der Waals surface area contributed by atoms with Crippen LogP contribution in [0.15, 0.2) is 12.3 Å². The summed E-state index contributed by atoms with van der Waals surface area (Å²) in [5.41, 5.74) is 0.384. The van der Waals surface area contributed by atoms with E-state index in [1.54, 1.807) is 12.3 Å². The molecule has 0 radical (unpaired) electrons. The van der Waals surface area contributed by atoms with E-state index in [4.69, 9.17) is 4.74 Å². The molecule has 8 heteroatoms. The van der Waals surface area contributed by atoms with E-state index >= 15 is 0 Å². The monoisotopic (exact) mass is 322 g/mol. The number of rotatable bonds is 8. The highest BCUT2D eigenvalue weighted by molar-refractivity contribution is 5.92. The third-order valence-electron chi connectivity index (χ3n) is 3.55. The maximum absolute atomic E-state index is 12.1. The van der Waals surface area contributed by atoms with Gasteiger partial charge in [0.1, 0.15) is 5.69 Å². The van der Waals surface area contributed by atoms with Crippen molar-refractivity contribution < 1.29 is 9.53 Å². The standard InChI is InChI=1S/C15H26N6O2/c1-20(2)7-5-18-15-17-4-3-13(19-15)14(22)16-6-8-21-9-11-23-12-10-21/h3-4H,5-12H2,1-2H3,(H,16,22)(H,17,18,19). The fourth-order valence-corrected chi connectivity index (χ4v) is 2.20. The van der Waals surface area contributed by atoms with Crippen molar-refractivity contribution in [2.75, 3.05) is 71.9 Å². The summed E-state index contributed by atoms with van der Waals surface area (Å²) in [4.78, 5) is 24.9. The Morgan fingerprint density at radius 1 is 1.35 bits per heavy atom. The first-order chi connectivity index (χ1) is 11.1. The molecule has 1 aliphatic rings. The van der Waals surface area contributed by atoms with Gasteiger partial charge in [-0.25, -0.2) is 9.97 Å². The number of likely N-dealkylation sites (N-methyl/N-ethyl adjacent to an activating group) is 1. The second-order valence-electron chi connectivity index (χ2n) is 5.71. The number of aromatic nitrogens is 2. The second kappa shape index (κ2) is 9.39. The second-order valence-corrected chi connectivity index (χ2v) is 5.71. The van der Waals surface area contributed by atoms with Crippen LogP contribution in [0.2, 0.25) is 0 Å². The van der Waals surface area contributed by atoms with Crippen molar-refractivity contribution in [1.82, 2.24) is 25.1 Å². The van der Waals surface area contributed by atoms with Gasteiger partial charge in [0.25, 0.3) is 5.91 Å². The predicted octanol–water partition coefficient (Wildman–Crippen LogP) is -0.488. The number of amides is 1. The molecule has 0 saturated carbocycles. The molecule has 0 unspecified atom stereocenters. The zero-order chi connectivity index (χ0) is 16.5. The lowest BCUT2D eigenvalue weighted by Gasteiger charge is -2.26. The summed E-state index contributed by atoms with van der Waals surface area (Å²) >= 11 is 0. The van der Waals surface area contributed by atoms with Gasteiger partial charge in [-0.2, -0.15) is 0 Å². The molecular formula is C15H26N6O2. The van der Waals surface area contributed by atoms with Gasteiger partial charge in [-0.05, 0) is 20.2 Å². The Balaban J connectivity index is 1.74. The van der Waals surface area contributed by atoms with E-state index in [2.05, 4.69) is 30.4 Å². The number of anilines is 1. The number of morpholine rings is 1. The summed E-state index contributed by atoms with van der Waals surface area (Å²) in [6, 6.07) is 1.63. The summed E-state index contributed by atoms with van der Waals surface area (Å²) < 4.78 is 5.30. The highest BCUT2D eigenvalue weighted by atomic mass is 16.5. The molecule has 1 aliphatic heterocycles. The smallest absolute Gasteiger partial charge is 0.270 e. The van der Waals surface area contributed by atoms with Crippen LogP contribution >= 0.6 is 0 Å². The van der Waals surface area contributed by atoms with Crippen LogP contribution in [0.4, 0.5) is 5.95 Å². The molecule has 128 valence electrons. The summed E-state index contributed by atoms with van der Waals surface area (Å²) in [5.74, 6) is 0.309. The third-order valence-corrected chi connectivity index (χ3v) is 3.55. The molecule has 1 saturated heterocycles. The Kier molecular flexibility index (Phi) is 7.18. The van der Waals surface area contributed by atoms with Gasteiger partial charge in [0, 0.05) is 45.5 Å². The van der Waals surface area contributed by atoms with Gasteiger partial charge >= 0.3 is 0 Å². The number of carbonyl (C=O) groups is 1. The quantitative estimate of drug-likeness (QED) is 0.668. The van der Waals surface area contributed by atoms with Gasteiger partial charge in [0.15, 0.2) is 0 Å². The van der Waals surface area contributed by atoms with Crippen LogP contribution in [0.5, 0.6) is 0 Å². The van der Waals surface area contributed by atoms with E-state index in [1.807, 2.05) is 14.1 Å². The molecule has 1 amide bonds. The van der Waals surface area contributed by atoms with E-state index in [0.29, 0.717) is 18.2 Å². The lowest BCUT2D eigenvalue weighted by molar-refractivity contribution is 0.0383. The van der Waals surface area contributed by atoms with Crippen molar-refractivity contribution in [2.45, 2.75) is 0 Å². The van der Waals surface area contributed by atoms with Crippen LogP contribution in [-0.2, 0) is 4.74 Å². The topological polar surface area (TPSA) is 82.6 Å². The van der Waals surface area contributed by atoms with Crippen LogP contribution < -0.4 is 10.6 Å². The first-order valence-corrected chi connectivity index (χ1v) is 7.95. The van der Waals surface area contributed by atoms with Crippen molar-refractivity contribution in [3.8, 4) is 0 Å². The first-order valence-electron chi connectivity index (χ1n) is 7.95. The zero-order valence-corrected chi connectivity index (χ0v) is 13.9. The molecule has 0 bridgehead atoms. The summed E-state index contributed by atoms with van der Waals surface area (Å²) in [7, 11) is 4.00. The number of carbonyl (C=O) groups excluding carboxylic acids is 1. The third kappa shape index (κ3) is 6.47. The van der Waals surface area contributed by atoms with Gasteiger partial charge in [0.05, 0.1) is 13.2 Å². The maximum Gasteiger partial charge on any atom is 0.270 e. The molecule has 2 rings (SSSR count). The van der Waals surface area contributed by atoms with E-state index in [0.717, 1.165) is 45.9 Å². The van der Waals surface area contributed by atoms with Crippen LogP contribution in [0.25, 0.3) is 0 Å². The average Bonchev–Trinajstić information content (AvgIpc) is 2.56. The van der Waals surface area contributed by atoms with E-state index in [9.17, 15) is 4.79 Å². The number of nitrogens with one attached hydrogen (secondary N) is 2. The normalized spacial score (nSPS) is 15.6. The van der Waals surface area contributed by atoms with Crippen molar-refractivity contribution in [3.05, 3.63) is 18.0 Å². The number of hydrogen-bond donors (Lipinski definition) is 2. The molecule has 0 atom stereocenters. The lowest BCUT2D eigenvalue weighted by Crippen LogP contribution is -2.41. The minimum Gasteiger partial charge on any atom is -0.379 e. The van der Waals surface area contributed by atoms with Gasteiger partial charge in [-0.1, -0.05) is 0 Å². The summed E-state index contributed by atoms with van der Waals surface area (Å²) in [6.07, 6.45) is 1.60. The Hall–Kier alpha value is -1.77. The molecule has 2 heterocycles. The number of ether oxygens (including phenoxy) is 1. The van der Waals surface area contributed by atoms with Gasteiger partial charge in [0.2, 0.25) is 5.95 Å². The van der Waals surface area contributed by atoms with Crippen molar-refractivity contribution in [1.29, 1.82) is 0 Å². The molecule has 1 aromatic rings. The molecule has 0 aliphatic carbocycles. The van der Waals surface area contributed by atoms with E-state index in [-0.39, 0.29) is 5.91 Å². The van der Waals surface area contributed by atoms with Crippen molar-refractivity contribution >= 4 is 11.9 Å². The highest BCUT2D eigenvalue weighted by Crippen LogP contribution is 2.00. The predicted molar refractivity (Wildman–Crippen MR) is 88.7 cm³/mol. The van der Waals surface area contributed by atoms with Crippen molar-refractivity contribution in [2.24, 2.45) is 0 Å². The van der Waals surface area contributed by atoms with Crippen molar-refractivity contribution in [3.63, 3.8) is 0 Å². The van der Waals surface area contributed by atoms with Crippen LogP contribution in [0.1, 0.15) is 10.5 Å². The molecule has 1 fully saturated rings. The Morgan fingerprint density at radius 2 is 2.13 bits per heavy atom. The molecule has 8 nitrogen and oxygen atoms in total. The highest BCUT2D eigenvalue weighted by Gasteiger charge is 2.12. The molecular weight excluding hydrogens is 296 g/mol. The minimum atomic E-state index is -0.170. The fraction of sp³-hybridized carbons (Fsp3) is 0.667. The molecule has 0 aromatic carbocycles. The summed E-state index contributed by atoms with van der Waals surface area (Å²) in [5, 5.41) is 6.01. The Labute approximate surface area is 137 Å². The zero-order valence-electron chi connectivity index (χ0n) is 13.9. The SMILES string of the molecule is CN(C)CCNc1nccc(C(=O)NCCN2CCOCC2)n1. The van der Waals surface area contributed by atoms with E-state index in [1.165, 1.54) is 0 Å². The average molecular weight is 322 g/mol. The lowest BCUT2D eigenvalue weighted by atomic mass is 10.3. The fourth-order valence-electron chi connectivity index (χ4n) is 2.20. The molecule has 0 spiro atoms. The maximum atomic E-state index is 12.1. The van der Waals surface area contributed by atoms with Crippen LogP contribution in [0, 0.1) is 0 Å². The molecule has 2 N–H and O–H groups in total. The minimum absolute atomic E-state index is 0.170. The van der Waals surface area contributed by atoms with Gasteiger partial charge < -0.3 is 20.3 Å². The van der Waals surface area contributed by atoms with Gasteiger partial charge in [-0.15, -0.1) is 0 Å². The molecule has 1 aromatic heterocycles. The number of hydrogen-bond acceptors (Lipinski definition) is 7. The van der Waals surface area contributed by atoms with Crippen LogP contribution in [0.3, 0.4) is 0 Å². The van der Waals surface area contributed by atoms with Crippen LogP contribution in [-0.4, -0.2) is 92.3 Å². The Bertz CT molecular complexity index is 491. The molecule has 23 heavy (non-hydrogen) atoms. The Morgan fingerprint density at radius 3 is 2.87 bits per heavy atom. The summed E-state index contributed by atoms with van der Waals surface area (Å²) in [6.45, 7) is 6.41. The van der Waals surface area contributed by atoms with Gasteiger partial charge in [-0.3, -0.25) is 9.69 Å². The van der Waals surface area contributed by atoms with E-state index < -0.39 is 0 Å². The first kappa shape index (κ1) is 17.6. The number of nitrogens with zero attached hydrogens (tertiary/aromatic N) is 4. The largest absolute Gasteiger partial charge is 0.379 e.